The lowest BCUT2D eigenvalue weighted by molar-refractivity contribution is 0.502. The molecular weight excluding hydrogens is 276 g/mol. The van der Waals surface area contributed by atoms with Crippen molar-refractivity contribution in [3.8, 4) is 0 Å². The molecule has 0 unspecified atom stereocenters. The van der Waals surface area contributed by atoms with Gasteiger partial charge in [0, 0.05) is 21.9 Å². The number of benzene rings is 2. The summed E-state index contributed by atoms with van der Waals surface area (Å²) in [5.41, 5.74) is 6.46. The maximum Gasteiger partial charge on any atom is 0.162 e. The molecule has 2 aromatic carbocycles. The second-order valence-electron chi connectivity index (χ2n) is 3.69. The van der Waals surface area contributed by atoms with Crippen molar-refractivity contribution in [3.63, 3.8) is 0 Å². The fourth-order valence-electron chi connectivity index (χ4n) is 1.45. The lowest BCUT2D eigenvalue weighted by atomic mass is 10.2. The summed E-state index contributed by atoms with van der Waals surface area (Å²) in [4.78, 5) is 0.787. The van der Waals surface area contributed by atoms with Gasteiger partial charge < -0.3 is 5.73 Å². The van der Waals surface area contributed by atoms with Crippen molar-refractivity contribution in [1.82, 2.24) is 0 Å². The molecule has 0 aliphatic carbocycles. The van der Waals surface area contributed by atoms with Gasteiger partial charge in [0.25, 0.3) is 0 Å². The number of halogens is 3. The summed E-state index contributed by atoms with van der Waals surface area (Å²) >= 11 is 7.34. The predicted octanol–water partition coefficient (Wildman–Crippen LogP) is 4.49. The van der Waals surface area contributed by atoms with Crippen LogP contribution in [0.25, 0.3) is 0 Å². The molecule has 0 fully saturated rings. The van der Waals surface area contributed by atoms with E-state index in [1.54, 1.807) is 24.3 Å². The minimum atomic E-state index is -0.837. The van der Waals surface area contributed by atoms with Crippen molar-refractivity contribution in [3.05, 3.63) is 58.6 Å². The van der Waals surface area contributed by atoms with Crippen molar-refractivity contribution in [2.45, 2.75) is 10.6 Å². The number of hydrogen-bond donors (Lipinski definition) is 1. The van der Waals surface area contributed by atoms with Crippen LogP contribution in [0.5, 0.6) is 0 Å². The summed E-state index contributed by atoms with van der Waals surface area (Å²) in [5.74, 6) is -1.33. The minimum absolute atomic E-state index is 0.313. The molecule has 0 atom stereocenters. The molecular formula is C13H10ClF2NS. The van der Waals surface area contributed by atoms with E-state index in [-0.39, 0.29) is 0 Å². The molecule has 0 saturated carbocycles. The number of thioether (sulfide) groups is 1. The van der Waals surface area contributed by atoms with Crippen LogP contribution in [-0.4, -0.2) is 0 Å². The molecule has 0 aliphatic heterocycles. The summed E-state index contributed by atoms with van der Waals surface area (Å²) in [6.45, 7) is 0. The first-order valence-electron chi connectivity index (χ1n) is 5.18. The number of nitrogen functional groups attached to an aromatic ring is 1. The predicted molar refractivity (Wildman–Crippen MR) is 71.8 cm³/mol. The quantitative estimate of drug-likeness (QED) is 0.664. The average Bonchev–Trinajstić information content (AvgIpc) is 2.33. The van der Waals surface area contributed by atoms with E-state index in [0.29, 0.717) is 22.0 Å². The van der Waals surface area contributed by atoms with Gasteiger partial charge in [0.2, 0.25) is 0 Å². The van der Waals surface area contributed by atoms with E-state index in [9.17, 15) is 8.78 Å². The molecule has 1 nitrogen and oxygen atoms in total. The lowest BCUT2D eigenvalue weighted by Crippen LogP contribution is -1.92. The zero-order valence-electron chi connectivity index (χ0n) is 9.29. The molecule has 2 rings (SSSR count). The molecule has 94 valence electrons. The van der Waals surface area contributed by atoms with Crippen LogP contribution in [0.2, 0.25) is 5.02 Å². The van der Waals surface area contributed by atoms with E-state index in [2.05, 4.69) is 0 Å². The highest BCUT2D eigenvalue weighted by Crippen LogP contribution is 2.31. The summed E-state index contributed by atoms with van der Waals surface area (Å²) in [5, 5.41) is 0.511. The van der Waals surface area contributed by atoms with E-state index < -0.39 is 11.6 Å². The molecule has 0 bridgehead atoms. The molecule has 0 amide bonds. The Morgan fingerprint density at radius 2 is 1.94 bits per heavy atom. The van der Waals surface area contributed by atoms with E-state index >= 15 is 0 Å². The monoisotopic (exact) mass is 285 g/mol. The highest BCUT2D eigenvalue weighted by atomic mass is 35.5. The Hall–Kier alpha value is -1.26. The van der Waals surface area contributed by atoms with Crippen molar-refractivity contribution >= 4 is 29.1 Å². The number of rotatable bonds is 3. The molecule has 0 saturated heterocycles. The Kier molecular flexibility index (Phi) is 4.09. The Morgan fingerprint density at radius 1 is 1.17 bits per heavy atom. The normalized spacial score (nSPS) is 10.6. The van der Waals surface area contributed by atoms with Crippen LogP contribution < -0.4 is 5.73 Å². The molecule has 2 aromatic rings. The molecule has 0 spiro atoms. The Morgan fingerprint density at radius 3 is 2.67 bits per heavy atom. The number of anilines is 1. The first-order valence-corrected chi connectivity index (χ1v) is 6.55. The van der Waals surface area contributed by atoms with Crippen LogP contribution >= 0.6 is 23.4 Å². The van der Waals surface area contributed by atoms with Crippen LogP contribution in [-0.2, 0) is 5.75 Å². The summed E-state index contributed by atoms with van der Waals surface area (Å²) < 4.78 is 26.4. The largest absolute Gasteiger partial charge is 0.399 e. The second-order valence-corrected chi connectivity index (χ2v) is 5.12. The Labute approximate surface area is 113 Å². The average molecular weight is 286 g/mol. The fraction of sp³-hybridized carbons (Fsp3) is 0.0769. The standard InChI is InChI=1S/C13H10ClF2NS/c14-10-6-9(17)4-5-12(10)18-7-8-2-1-3-11(15)13(8)16/h1-6H,7,17H2. The van der Waals surface area contributed by atoms with Gasteiger partial charge in [0.05, 0.1) is 5.02 Å². The lowest BCUT2D eigenvalue weighted by Gasteiger charge is -2.06. The summed E-state index contributed by atoms with van der Waals surface area (Å²) in [7, 11) is 0. The third kappa shape index (κ3) is 2.94. The SMILES string of the molecule is Nc1ccc(SCc2cccc(F)c2F)c(Cl)c1. The first kappa shape index (κ1) is 13.2. The van der Waals surface area contributed by atoms with Crippen LogP contribution in [0, 0.1) is 11.6 Å². The first-order chi connectivity index (χ1) is 8.58. The molecule has 0 heterocycles. The van der Waals surface area contributed by atoms with Gasteiger partial charge in [-0.25, -0.2) is 8.78 Å². The molecule has 5 heteroatoms. The minimum Gasteiger partial charge on any atom is -0.399 e. The molecule has 0 aromatic heterocycles. The number of nitrogens with two attached hydrogens (primary N) is 1. The second kappa shape index (κ2) is 5.59. The molecule has 0 radical (unpaired) electrons. The van der Waals surface area contributed by atoms with Gasteiger partial charge in [0.1, 0.15) is 0 Å². The van der Waals surface area contributed by atoms with Gasteiger partial charge in [-0.2, -0.15) is 0 Å². The maximum atomic E-state index is 13.4. The summed E-state index contributed by atoms with van der Waals surface area (Å²) in [6.07, 6.45) is 0. The van der Waals surface area contributed by atoms with E-state index in [1.807, 2.05) is 0 Å². The third-order valence-electron chi connectivity index (χ3n) is 2.37. The van der Waals surface area contributed by atoms with Gasteiger partial charge in [-0.05, 0) is 24.3 Å². The van der Waals surface area contributed by atoms with Gasteiger partial charge >= 0.3 is 0 Å². The smallest absolute Gasteiger partial charge is 0.162 e. The molecule has 18 heavy (non-hydrogen) atoms. The van der Waals surface area contributed by atoms with Crippen molar-refractivity contribution in [2.24, 2.45) is 0 Å². The summed E-state index contributed by atoms with van der Waals surface area (Å²) in [6, 6.07) is 9.25. The van der Waals surface area contributed by atoms with Crippen LogP contribution in [0.4, 0.5) is 14.5 Å². The highest BCUT2D eigenvalue weighted by molar-refractivity contribution is 7.98. The van der Waals surface area contributed by atoms with Crippen LogP contribution in [0.3, 0.4) is 0 Å². The number of hydrogen-bond acceptors (Lipinski definition) is 2. The van der Waals surface area contributed by atoms with Crippen molar-refractivity contribution in [1.29, 1.82) is 0 Å². The molecule has 0 aliphatic rings. The highest BCUT2D eigenvalue weighted by Gasteiger charge is 2.09. The topological polar surface area (TPSA) is 26.0 Å². The van der Waals surface area contributed by atoms with Crippen LogP contribution in [0.1, 0.15) is 5.56 Å². The Balaban J connectivity index is 2.14. The Bertz CT molecular complexity index is 575. The molecule has 2 N–H and O–H groups in total. The van der Waals surface area contributed by atoms with Gasteiger partial charge in [0.15, 0.2) is 11.6 Å². The maximum absolute atomic E-state index is 13.4. The van der Waals surface area contributed by atoms with Crippen molar-refractivity contribution < 1.29 is 8.78 Å². The van der Waals surface area contributed by atoms with Gasteiger partial charge in [-0.15, -0.1) is 11.8 Å². The fourth-order valence-corrected chi connectivity index (χ4v) is 2.70. The third-order valence-corrected chi connectivity index (χ3v) is 3.92. The van der Waals surface area contributed by atoms with E-state index in [4.69, 9.17) is 17.3 Å². The zero-order valence-corrected chi connectivity index (χ0v) is 10.9. The van der Waals surface area contributed by atoms with Crippen LogP contribution in [0.15, 0.2) is 41.3 Å². The zero-order chi connectivity index (χ0) is 13.1. The van der Waals surface area contributed by atoms with Gasteiger partial charge in [-0.1, -0.05) is 23.7 Å². The van der Waals surface area contributed by atoms with Crippen molar-refractivity contribution in [2.75, 3.05) is 5.73 Å². The van der Waals surface area contributed by atoms with E-state index in [0.717, 1.165) is 11.0 Å². The van der Waals surface area contributed by atoms with E-state index in [1.165, 1.54) is 17.8 Å². The van der Waals surface area contributed by atoms with Gasteiger partial charge in [-0.3, -0.25) is 0 Å².